The van der Waals surface area contributed by atoms with Crippen LogP contribution in [0.1, 0.15) is 58.8 Å². The molecule has 1 unspecified atom stereocenters. The first-order valence-corrected chi connectivity index (χ1v) is 7.27. The van der Waals surface area contributed by atoms with E-state index in [9.17, 15) is 0 Å². The number of likely N-dealkylation sites (N-methyl/N-ethyl adjacent to an activating group) is 1. The van der Waals surface area contributed by atoms with Crippen molar-refractivity contribution in [2.75, 3.05) is 13.2 Å². The van der Waals surface area contributed by atoms with E-state index in [0.29, 0.717) is 6.04 Å². The quantitative estimate of drug-likeness (QED) is 0.540. The summed E-state index contributed by atoms with van der Waals surface area (Å²) in [6.45, 7) is 10.0. The molecule has 1 aliphatic rings. The first-order chi connectivity index (χ1) is 8.29. The Labute approximate surface area is 107 Å². The average molecular weight is 239 g/mol. The molecule has 100 valence electrons. The monoisotopic (exact) mass is 239 g/mol. The van der Waals surface area contributed by atoms with E-state index in [-0.39, 0.29) is 5.60 Å². The zero-order chi connectivity index (χ0) is 12.6. The maximum atomic E-state index is 6.21. The molecule has 1 fully saturated rings. The van der Waals surface area contributed by atoms with Gasteiger partial charge in [-0.3, -0.25) is 0 Å². The molecule has 2 heteroatoms. The Bertz CT molecular complexity index is 207. The van der Waals surface area contributed by atoms with Crippen molar-refractivity contribution in [3.8, 4) is 0 Å². The van der Waals surface area contributed by atoms with E-state index < -0.39 is 0 Å². The molecular formula is C15H29NO. The SMILES string of the molecule is C=CCC(NCC)C1(OCC)CCCCCC1. The van der Waals surface area contributed by atoms with Crippen LogP contribution in [0.5, 0.6) is 0 Å². The minimum Gasteiger partial charge on any atom is -0.374 e. The molecule has 0 bridgehead atoms. The maximum Gasteiger partial charge on any atom is 0.0837 e. The van der Waals surface area contributed by atoms with Gasteiger partial charge < -0.3 is 10.1 Å². The molecule has 0 amide bonds. The lowest BCUT2D eigenvalue weighted by atomic mass is 9.84. The molecule has 2 nitrogen and oxygen atoms in total. The molecule has 0 aromatic carbocycles. The fourth-order valence-electron chi connectivity index (χ4n) is 3.11. The average Bonchev–Trinajstić information content (AvgIpc) is 2.56. The second-order valence-electron chi connectivity index (χ2n) is 5.05. The summed E-state index contributed by atoms with van der Waals surface area (Å²) in [4.78, 5) is 0. The third-order valence-corrected chi connectivity index (χ3v) is 3.87. The van der Waals surface area contributed by atoms with E-state index in [1.165, 1.54) is 38.5 Å². The lowest BCUT2D eigenvalue weighted by molar-refractivity contribution is -0.0758. The summed E-state index contributed by atoms with van der Waals surface area (Å²) < 4.78 is 6.21. The van der Waals surface area contributed by atoms with Crippen molar-refractivity contribution in [1.29, 1.82) is 0 Å². The first kappa shape index (κ1) is 14.7. The molecule has 0 aromatic rings. The molecule has 1 N–H and O–H groups in total. The molecule has 0 aromatic heterocycles. The number of nitrogens with one attached hydrogen (secondary N) is 1. The number of hydrogen-bond acceptors (Lipinski definition) is 2. The van der Waals surface area contributed by atoms with E-state index in [1.807, 2.05) is 6.08 Å². The summed E-state index contributed by atoms with van der Waals surface area (Å²) >= 11 is 0. The van der Waals surface area contributed by atoms with Gasteiger partial charge in [-0.2, -0.15) is 0 Å². The number of rotatable bonds is 7. The largest absolute Gasteiger partial charge is 0.374 e. The van der Waals surface area contributed by atoms with Gasteiger partial charge in [0.25, 0.3) is 0 Å². The van der Waals surface area contributed by atoms with Crippen molar-refractivity contribution in [1.82, 2.24) is 5.32 Å². The predicted octanol–water partition coefficient (Wildman–Crippen LogP) is 3.67. The second-order valence-corrected chi connectivity index (χ2v) is 5.05. The van der Waals surface area contributed by atoms with Gasteiger partial charge in [0.2, 0.25) is 0 Å². The van der Waals surface area contributed by atoms with Crippen molar-refractivity contribution < 1.29 is 4.74 Å². The van der Waals surface area contributed by atoms with E-state index in [4.69, 9.17) is 4.74 Å². The van der Waals surface area contributed by atoms with Crippen LogP contribution in [0.2, 0.25) is 0 Å². The van der Waals surface area contributed by atoms with Crippen LogP contribution in [0.4, 0.5) is 0 Å². The lowest BCUT2D eigenvalue weighted by Crippen LogP contribution is -2.52. The highest BCUT2D eigenvalue weighted by atomic mass is 16.5. The van der Waals surface area contributed by atoms with E-state index >= 15 is 0 Å². The minimum absolute atomic E-state index is 0.0510. The van der Waals surface area contributed by atoms with Crippen LogP contribution in [0.3, 0.4) is 0 Å². The van der Waals surface area contributed by atoms with Gasteiger partial charge >= 0.3 is 0 Å². The van der Waals surface area contributed by atoms with Gasteiger partial charge in [-0.15, -0.1) is 6.58 Å². The van der Waals surface area contributed by atoms with Crippen molar-refractivity contribution in [2.45, 2.75) is 70.4 Å². The summed E-state index contributed by atoms with van der Waals surface area (Å²) in [6.07, 6.45) is 10.8. The predicted molar refractivity (Wildman–Crippen MR) is 74.3 cm³/mol. The molecular weight excluding hydrogens is 210 g/mol. The molecule has 0 saturated heterocycles. The van der Waals surface area contributed by atoms with Crippen molar-refractivity contribution >= 4 is 0 Å². The third-order valence-electron chi connectivity index (χ3n) is 3.87. The summed E-state index contributed by atoms with van der Waals surface area (Å²) in [6, 6.07) is 0.433. The van der Waals surface area contributed by atoms with E-state index in [0.717, 1.165) is 19.6 Å². The van der Waals surface area contributed by atoms with Crippen LogP contribution in [0.25, 0.3) is 0 Å². The van der Waals surface area contributed by atoms with Gasteiger partial charge in [0.1, 0.15) is 0 Å². The molecule has 1 aliphatic carbocycles. The molecule has 1 rings (SSSR count). The molecule has 1 atom stereocenters. The Morgan fingerprint density at radius 1 is 1.24 bits per heavy atom. The van der Waals surface area contributed by atoms with Crippen LogP contribution in [0.15, 0.2) is 12.7 Å². The van der Waals surface area contributed by atoms with Gasteiger partial charge in [-0.1, -0.05) is 38.7 Å². The van der Waals surface area contributed by atoms with Gasteiger partial charge in [0, 0.05) is 12.6 Å². The summed E-state index contributed by atoms with van der Waals surface area (Å²) in [7, 11) is 0. The Morgan fingerprint density at radius 2 is 1.88 bits per heavy atom. The van der Waals surface area contributed by atoms with Gasteiger partial charge in [-0.05, 0) is 32.7 Å². The maximum absolute atomic E-state index is 6.21. The second kappa shape index (κ2) is 7.88. The molecule has 17 heavy (non-hydrogen) atoms. The third kappa shape index (κ3) is 4.11. The number of hydrogen-bond donors (Lipinski definition) is 1. The topological polar surface area (TPSA) is 21.3 Å². The van der Waals surface area contributed by atoms with Crippen molar-refractivity contribution in [2.24, 2.45) is 0 Å². The molecule has 1 saturated carbocycles. The smallest absolute Gasteiger partial charge is 0.0837 e. The van der Waals surface area contributed by atoms with Crippen LogP contribution >= 0.6 is 0 Å². The van der Waals surface area contributed by atoms with Crippen molar-refractivity contribution in [3.63, 3.8) is 0 Å². The van der Waals surface area contributed by atoms with Gasteiger partial charge in [0.15, 0.2) is 0 Å². The van der Waals surface area contributed by atoms with Crippen LogP contribution < -0.4 is 5.32 Å². The lowest BCUT2D eigenvalue weighted by Gasteiger charge is -2.40. The normalized spacial score (nSPS) is 21.8. The Balaban J connectivity index is 2.79. The fourth-order valence-corrected chi connectivity index (χ4v) is 3.11. The Morgan fingerprint density at radius 3 is 2.35 bits per heavy atom. The highest BCUT2D eigenvalue weighted by molar-refractivity contribution is 4.97. The first-order valence-electron chi connectivity index (χ1n) is 7.27. The summed E-state index contributed by atoms with van der Waals surface area (Å²) in [5, 5.41) is 3.61. The molecule has 0 aliphatic heterocycles. The zero-order valence-corrected chi connectivity index (χ0v) is 11.6. The standard InChI is InChI=1S/C15H29NO/c1-4-11-14(16-5-2)15(17-6-3)12-9-7-8-10-13-15/h4,14,16H,1,5-13H2,2-3H3. The number of ether oxygens (including phenoxy) is 1. The molecule has 0 spiro atoms. The Kier molecular flexibility index (Phi) is 6.83. The fraction of sp³-hybridized carbons (Fsp3) is 0.867. The highest BCUT2D eigenvalue weighted by Gasteiger charge is 2.38. The molecule has 0 radical (unpaired) electrons. The van der Waals surface area contributed by atoms with Gasteiger partial charge in [0.05, 0.1) is 5.60 Å². The van der Waals surface area contributed by atoms with Crippen LogP contribution in [-0.4, -0.2) is 24.8 Å². The van der Waals surface area contributed by atoms with E-state index in [2.05, 4.69) is 25.7 Å². The van der Waals surface area contributed by atoms with Crippen molar-refractivity contribution in [3.05, 3.63) is 12.7 Å². The van der Waals surface area contributed by atoms with Crippen LogP contribution in [-0.2, 0) is 4.74 Å². The zero-order valence-electron chi connectivity index (χ0n) is 11.6. The molecule has 0 heterocycles. The summed E-state index contributed by atoms with van der Waals surface area (Å²) in [5.41, 5.74) is 0.0510. The van der Waals surface area contributed by atoms with Crippen LogP contribution in [0, 0.1) is 0 Å². The highest BCUT2D eigenvalue weighted by Crippen LogP contribution is 2.34. The van der Waals surface area contributed by atoms with E-state index in [1.54, 1.807) is 0 Å². The minimum atomic E-state index is 0.0510. The Hall–Kier alpha value is -0.340. The summed E-state index contributed by atoms with van der Waals surface area (Å²) in [5.74, 6) is 0. The van der Waals surface area contributed by atoms with Gasteiger partial charge in [-0.25, -0.2) is 0 Å².